The van der Waals surface area contributed by atoms with Crippen LogP contribution >= 0.6 is 0 Å². The van der Waals surface area contributed by atoms with Crippen LogP contribution in [0, 0.1) is 6.92 Å². The second kappa shape index (κ2) is 3.73. The van der Waals surface area contributed by atoms with E-state index in [1.165, 1.54) is 0 Å². The van der Waals surface area contributed by atoms with E-state index >= 15 is 0 Å². The maximum absolute atomic E-state index is 5.79. The number of nitrogens with two attached hydrogens (primary N) is 2. The zero-order valence-corrected chi connectivity index (χ0v) is 9.84. The van der Waals surface area contributed by atoms with Crippen LogP contribution in [-0.4, -0.2) is 9.97 Å². The maximum Gasteiger partial charge on any atom is 0.222 e. The van der Waals surface area contributed by atoms with Crippen LogP contribution in [0.1, 0.15) is 5.56 Å². The van der Waals surface area contributed by atoms with E-state index in [0.29, 0.717) is 17.3 Å². The standard InChI is InChI=1S/C13H12N4O/c1-7-3-2-4-8-5-10(18-12(7)8)9-6-11(14)17-13(15)16-9/h2-6H,1H3,(H4,14,15,16,17). The molecule has 0 aliphatic rings. The fourth-order valence-electron chi connectivity index (χ4n) is 1.95. The summed E-state index contributed by atoms with van der Waals surface area (Å²) < 4.78 is 5.79. The number of aromatic nitrogens is 2. The molecule has 0 aliphatic heterocycles. The number of nitrogens with zero attached hydrogens (tertiary/aromatic N) is 2. The van der Waals surface area contributed by atoms with Crippen molar-refractivity contribution in [2.45, 2.75) is 6.92 Å². The molecule has 0 spiro atoms. The van der Waals surface area contributed by atoms with Gasteiger partial charge in [-0.1, -0.05) is 18.2 Å². The highest BCUT2D eigenvalue weighted by molar-refractivity contribution is 5.84. The molecule has 4 N–H and O–H groups in total. The predicted octanol–water partition coefficient (Wildman–Crippen LogP) is 2.36. The Morgan fingerprint density at radius 3 is 2.67 bits per heavy atom. The van der Waals surface area contributed by atoms with Gasteiger partial charge in [0.15, 0.2) is 5.76 Å². The normalized spacial score (nSPS) is 10.9. The highest BCUT2D eigenvalue weighted by Gasteiger charge is 2.10. The number of furan rings is 1. The van der Waals surface area contributed by atoms with Gasteiger partial charge in [0.25, 0.3) is 0 Å². The van der Waals surface area contributed by atoms with Gasteiger partial charge in [-0.05, 0) is 18.6 Å². The molecule has 3 rings (SSSR count). The summed E-state index contributed by atoms with van der Waals surface area (Å²) in [6.45, 7) is 2.00. The number of aryl methyl sites for hydroxylation is 1. The summed E-state index contributed by atoms with van der Waals surface area (Å²) in [6.07, 6.45) is 0. The van der Waals surface area contributed by atoms with Gasteiger partial charge < -0.3 is 15.9 Å². The fraction of sp³-hybridized carbons (Fsp3) is 0.0769. The average Bonchev–Trinajstić information content (AvgIpc) is 2.73. The van der Waals surface area contributed by atoms with Crippen LogP contribution in [0.2, 0.25) is 0 Å². The third kappa shape index (κ3) is 1.66. The molecule has 3 aromatic rings. The van der Waals surface area contributed by atoms with E-state index in [1.807, 2.05) is 31.2 Å². The van der Waals surface area contributed by atoms with Crippen molar-refractivity contribution in [3.8, 4) is 11.5 Å². The lowest BCUT2D eigenvalue weighted by molar-refractivity contribution is 0.626. The number of hydrogen-bond donors (Lipinski definition) is 2. The molecule has 5 heteroatoms. The molecule has 0 radical (unpaired) electrons. The number of rotatable bonds is 1. The van der Waals surface area contributed by atoms with E-state index in [1.54, 1.807) is 6.07 Å². The lowest BCUT2D eigenvalue weighted by Gasteiger charge is -1.99. The predicted molar refractivity (Wildman–Crippen MR) is 70.8 cm³/mol. The van der Waals surface area contributed by atoms with Crippen molar-refractivity contribution in [3.05, 3.63) is 35.9 Å². The molecule has 1 aromatic carbocycles. The minimum absolute atomic E-state index is 0.141. The first kappa shape index (κ1) is 10.6. The smallest absolute Gasteiger partial charge is 0.222 e. The summed E-state index contributed by atoms with van der Waals surface area (Å²) >= 11 is 0. The van der Waals surface area contributed by atoms with Crippen molar-refractivity contribution < 1.29 is 4.42 Å². The van der Waals surface area contributed by atoms with Gasteiger partial charge in [0, 0.05) is 11.5 Å². The first-order chi connectivity index (χ1) is 8.63. The lowest BCUT2D eigenvalue weighted by Crippen LogP contribution is -2.00. The van der Waals surface area contributed by atoms with Crippen molar-refractivity contribution in [3.63, 3.8) is 0 Å². The molecule has 0 amide bonds. The van der Waals surface area contributed by atoms with Gasteiger partial charge in [0.05, 0.1) is 0 Å². The number of anilines is 2. The highest BCUT2D eigenvalue weighted by Crippen LogP contribution is 2.29. The van der Waals surface area contributed by atoms with Crippen LogP contribution in [0.15, 0.2) is 34.7 Å². The summed E-state index contributed by atoms with van der Waals surface area (Å²) in [5, 5.41) is 1.03. The van der Waals surface area contributed by atoms with Gasteiger partial charge >= 0.3 is 0 Å². The Hall–Kier alpha value is -2.56. The summed E-state index contributed by atoms with van der Waals surface area (Å²) in [6, 6.07) is 9.54. The zero-order chi connectivity index (χ0) is 12.7. The van der Waals surface area contributed by atoms with E-state index < -0.39 is 0 Å². The molecule has 0 aliphatic carbocycles. The quantitative estimate of drug-likeness (QED) is 0.681. The lowest BCUT2D eigenvalue weighted by atomic mass is 10.2. The summed E-state index contributed by atoms with van der Waals surface area (Å²) in [7, 11) is 0. The molecule has 0 bridgehead atoms. The average molecular weight is 240 g/mol. The molecule has 0 unspecified atom stereocenters. The monoisotopic (exact) mass is 240 g/mol. The molecule has 2 aromatic heterocycles. The molecule has 0 saturated carbocycles. The van der Waals surface area contributed by atoms with Crippen molar-refractivity contribution in [2.24, 2.45) is 0 Å². The second-order valence-electron chi connectivity index (χ2n) is 4.14. The molecular weight excluding hydrogens is 228 g/mol. The van der Waals surface area contributed by atoms with Gasteiger partial charge in [-0.25, -0.2) is 4.98 Å². The van der Waals surface area contributed by atoms with Crippen LogP contribution in [0.5, 0.6) is 0 Å². The van der Waals surface area contributed by atoms with Crippen molar-refractivity contribution in [2.75, 3.05) is 11.5 Å². The maximum atomic E-state index is 5.79. The van der Waals surface area contributed by atoms with Gasteiger partial charge in [0.1, 0.15) is 17.1 Å². The minimum Gasteiger partial charge on any atom is -0.454 e. The molecule has 0 saturated heterocycles. The Morgan fingerprint density at radius 1 is 1.11 bits per heavy atom. The van der Waals surface area contributed by atoms with Gasteiger partial charge in [-0.2, -0.15) is 4.98 Å². The number of hydrogen-bond acceptors (Lipinski definition) is 5. The Bertz CT molecular complexity index is 713. The number of para-hydroxylation sites is 1. The summed E-state index contributed by atoms with van der Waals surface area (Å²) in [5.41, 5.74) is 13.7. The van der Waals surface area contributed by atoms with Crippen molar-refractivity contribution in [1.29, 1.82) is 0 Å². The number of nitrogen functional groups attached to an aromatic ring is 2. The first-order valence-electron chi connectivity index (χ1n) is 5.53. The molecule has 90 valence electrons. The van der Waals surface area contributed by atoms with Gasteiger partial charge in [-0.3, -0.25) is 0 Å². The Morgan fingerprint density at radius 2 is 1.94 bits per heavy atom. The second-order valence-corrected chi connectivity index (χ2v) is 4.14. The van der Waals surface area contributed by atoms with E-state index in [2.05, 4.69) is 9.97 Å². The first-order valence-corrected chi connectivity index (χ1v) is 5.53. The largest absolute Gasteiger partial charge is 0.454 e. The van der Waals surface area contributed by atoms with E-state index in [4.69, 9.17) is 15.9 Å². The van der Waals surface area contributed by atoms with Gasteiger partial charge in [-0.15, -0.1) is 0 Å². The molecule has 5 nitrogen and oxygen atoms in total. The van der Waals surface area contributed by atoms with E-state index in [9.17, 15) is 0 Å². The fourth-order valence-corrected chi connectivity index (χ4v) is 1.95. The van der Waals surface area contributed by atoms with Crippen LogP contribution in [0.3, 0.4) is 0 Å². The van der Waals surface area contributed by atoms with E-state index in [0.717, 1.165) is 16.5 Å². The third-order valence-electron chi connectivity index (χ3n) is 2.76. The van der Waals surface area contributed by atoms with Gasteiger partial charge in [0.2, 0.25) is 5.95 Å². The zero-order valence-electron chi connectivity index (χ0n) is 9.84. The van der Waals surface area contributed by atoms with Crippen LogP contribution in [-0.2, 0) is 0 Å². The van der Waals surface area contributed by atoms with Crippen LogP contribution in [0.4, 0.5) is 11.8 Å². The van der Waals surface area contributed by atoms with Crippen molar-refractivity contribution in [1.82, 2.24) is 9.97 Å². The van der Waals surface area contributed by atoms with Crippen molar-refractivity contribution >= 4 is 22.7 Å². The minimum atomic E-state index is 0.141. The van der Waals surface area contributed by atoms with Crippen LogP contribution < -0.4 is 11.5 Å². The number of fused-ring (bicyclic) bond motifs is 1. The van der Waals surface area contributed by atoms with Crippen LogP contribution in [0.25, 0.3) is 22.4 Å². The molecule has 0 fully saturated rings. The molecule has 2 heterocycles. The molecule has 0 atom stereocenters. The highest BCUT2D eigenvalue weighted by atomic mass is 16.3. The Kier molecular flexibility index (Phi) is 2.19. The van der Waals surface area contributed by atoms with E-state index in [-0.39, 0.29) is 5.95 Å². The molecule has 18 heavy (non-hydrogen) atoms. The molecular formula is C13H12N4O. The topological polar surface area (TPSA) is 91.0 Å². The number of benzene rings is 1. The third-order valence-corrected chi connectivity index (χ3v) is 2.76. The SMILES string of the molecule is Cc1cccc2cc(-c3cc(N)nc(N)n3)oc12. The summed E-state index contributed by atoms with van der Waals surface area (Å²) in [5.74, 6) is 1.11. The Balaban J connectivity index is 2.22. The summed E-state index contributed by atoms with van der Waals surface area (Å²) in [4.78, 5) is 7.96. The Labute approximate surface area is 103 Å².